The van der Waals surface area contributed by atoms with Crippen molar-refractivity contribution in [2.75, 3.05) is 16.8 Å². The smallest absolute Gasteiger partial charge is 0.249 e. The van der Waals surface area contributed by atoms with Gasteiger partial charge in [0.15, 0.2) is 0 Å². The van der Waals surface area contributed by atoms with Gasteiger partial charge >= 0.3 is 0 Å². The molecule has 1 fully saturated rings. The molecule has 0 saturated carbocycles. The topological polar surface area (TPSA) is 62.3 Å². The summed E-state index contributed by atoms with van der Waals surface area (Å²) in [5.74, 6) is 0.475. The third-order valence-corrected chi connectivity index (χ3v) is 3.87. The van der Waals surface area contributed by atoms with Gasteiger partial charge in [-0.15, -0.1) is 0 Å². The van der Waals surface area contributed by atoms with Crippen LogP contribution in [0.5, 0.6) is 0 Å². The van der Waals surface area contributed by atoms with E-state index in [1.165, 1.54) is 6.08 Å². The average molecular weight is 321 g/mol. The molecule has 0 spiro atoms. The van der Waals surface area contributed by atoms with Gasteiger partial charge in [0, 0.05) is 30.9 Å². The molecule has 122 valence electrons. The predicted molar refractivity (Wildman–Crippen MR) is 94.7 cm³/mol. The van der Waals surface area contributed by atoms with Crippen molar-refractivity contribution in [2.45, 2.75) is 19.8 Å². The molecule has 0 radical (unpaired) electrons. The van der Waals surface area contributed by atoms with Crippen LogP contribution < -0.4 is 10.2 Å². The van der Waals surface area contributed by atoms with Crippen LogP contribution in [0.3, 0.4) is 0 Å². The van der Waals surface area contributed by atoms with Crippen molar-refractivity contribution in [3.05, 3.63) is 59.8 Å². The molecule has 0 bridgehead atoms. The molecule has 0 atom stereocenters. The number of hydrogen-bond donors (Lipinski definition) is 1. The third-order valence-electron chi connectivity index (χ3n) is 3.87. The first-order valence-corrected chi connectivity index (χ1v) is 7.94. The zero-order valence-electron chi connectivity index (χ0n) is 13.5. The first kappa shape index (κ1) is 15.9. The summed E-state index contributed by atoms with van der Waals surface area (Å²) in [4.78, 5) is 29.5. The lowest BCUT2D eigenvalue weighted by molar-refractivity contribution is -0.117. The number of carbonyl (C=O) groups excluding carboxylic acids is 2. The highest BCUT2D eigenvalue weighted by molar-refractivity contribution is 6.01. The fraction of sp³-hybridized carbons (Fsp3) is 0.211. The molecule has 1 saturated heterocycles. The monoisotopic (exact) mass is 321 g/mol. The average Bonchev–Trinajstić information content (AvgIpc) is 2.99. The van der Waals surface area contributed by atoms with E-state index in [2.05, 4.69) is 10.3 Å². The molecule has 1 aliphatic rings. The quantitative estimate of drug-likeness (QED) is 0.880. The van der Waals surface area contributed by atoms with E-state index in [-0.39, 0.29) is 11.8 Å². The summed E-state index contributed by atoms with van der Waals surface area (Å²) in [5.41, 5.74) is 2.84. The van der Waals surface area contributed by atoms with Crippen molar-refractivity contribution in [3.8, 4) is 0 Å². The van der Waals surface area contributed by atoms with Crippen LogP contribution in [0.1, 0.15) is 24.0 Å². The van der Waals surface area contributed by atoms with Gasteiger partial charge in [-0.3, -0.25) is 9.59 Å². The Balaban J connectivity index is 1.61. The van der Waals surface area contributed by atoms with Crippen molar-refractivity contribution < 1.29 is 9.59 Å². The summed E-state index contributed by atoms with van der Waals surface area (Å²) in [5, 5.41) is 2.73. The predicted octanol–water partition coefficient (Wildman–Crippen LogP) is 3.17. The van der Waals surface area contributed by atoms with Crippen molar-refractivity contribution in [1.29, 1.82) is 0 Å². The second kappa shape index (κ2) is 7.08. The largest absolute Gasteiger partial charge is 0.312 e. The SMILES string of the molecule is Cc1ccnc(NC(=O)/C=C/c2ccc(N3CCCC3=O)cc2)c1. The maximum atomic E-state index is 11.9. The minimum absolute atomic E-state index is 0.170. The second-order valence-corrected chi connectivity index (χ2v) is 5.78. The molecule has 5 nitrogen and oxygen atoms in total. The van der Waals surface area contributed by atoms with Crippen molar-refractivity contribution >= 4 is 29.4 Å². The van der Waals surface area contributed by atoms with Crippen LogP contribution in [0.2, 0.25) is 0 Å². The summed E-state index contributed by atoms with van der Waals surface area (Å²) in [6, 6.07) is 11.3. The van der Waals surface area contributed by atoms with Crippen LogP contribution in [0, 0.1) is 6.92 Å². The lowest BCUT2D eigenvalue weighted by Gasteiger charge is -2.15. The van der Waals surface area contributed by atoms with Crippen LogP contribution in [0.25, 0.3) is 6.08 Å². The summed E-state index contributed by atoms with van der Waals surface area (Å²) < 4.78 is 0. The minimum Gasteiger partial charge on any atom is -0.312 e. The zero-order chi connectivity index (χ0) is 16.9. The highest BCUT2D eigenvalue weighted by Gasteiger charge is 2.21. The van der Waals surface area contributed by atoms with Gasteiger partial charge in [-0.25, -0.2) is 4.98 Å². The number of aromatic nitrogens is 1. The number of amides is 2. The second-order valence-electron chi connectivity index (χ2n) is 5.78. The minimum atomic E-state index is -0.230. The molecule has 5 heteroatoms. The summed E-state index contributed by atoms with van der Waals surface area (Å²) in [7, 11) is 0. The first-order valence-electron chi connectivity index (χ1n) is 7.94. The van der Waals surface area contributed by atoms with Crippen molar-refractivity contribution in [2.24, 2.45) is 0 Å². The molecule has 1 aliphatic heterocycles. The number of carbonyl (C=O) groups is 2. The van der Waals surface area contributed by atoms with Gasteiger partial charge in [-0.05, 0) is 54.8 Å². The normalized spacial score (nSPS) is 14.4. The van der Waals surface area contributed by atoms with E-state index in [9.17, 15) is 9.59 Å². The molecular formula is C19H19N3O2. The highest BCUT2D eigenvalue weighted by Crippen LogP contribution is 2.21. The number of nitrogens with zero attached hydrogens (tertiary/aromatic N) is 2. The molecule has 1 aromatic heterocycles. The van der Waals surface area contributed by atoms with Crippen LogP contribution in [0.4, 0.5) is 11.5 Å². The van der Waals surface area contributed by atoms with Crippen LogP contribution in [-0.2, 0) is 9.59 Å². The number of anilines is 2. The first-order chi connectivity index (χ1) is 11.6. The summed E-state index contributed by atoms with van der Waals surface area (Å²) >= 11 is 0. The molecule has 2 amide bonds. The number of aryl methyl sites for hydroxylation is 1. The van der Waals surface area contributed by atoms with E-state index >= 15 is 0 Å². The van der Waals surface area contributed by atoms with Crippen LogP contribution in [-0.4, -0.2) is 23.3 Å². The van der Waals surface area contributed by atoms with Crippen LogP contribution >= 0.6 is 0 Å². The number of pyridine rings is 1. The van der Waals surface area contributed by atoms with Crippen LogP contribution in [0.15, 0.2) is 48.7 Å². The van der Waals surface area contributed by atoms with E-state index in [0.717, 1.165) is 29.8 Å². The molecule has 3 rings (SSSR count). The maximum absolute atomic E-state index is 11.9. The molecule has 0 unspecified atom stereocenters. The van der Waals surface area contributed by atoms with Gasteiger partial charge in [0.1, 0.15) is 5.82 Å². The fourth-order valence-electron chi connectivity index (χ4n) is 2.63. The molecule has 1 N–H and O–H groups in total. The molecule has 24 heavy (non-hydrogen) atoms. The van der Waals surface area contributed by atoms with Gasteiger partial charge in [-0.1, -0.05) is 12.1 Å². The standard InChI is InChI=1S/C19H19N3O2/c1-14-10-11-20-17(13-14)21-18(23)9-6-15-4-7-16(8-5-15)22-12-2-3-19(22)24/h4-11,13H,2-3,12H2,1H3,(H,20,21,23)/b9-6+. The van der Waals surface area contributed by atoms with Gasteiger partial charge in [-0.2, -0.15) is 0 Å². The lowest BCUT2D eigenvalue weighted by Crippen LogP contribution is -2.23. The Bertz CT molecular complexity index is 781. The van der Waals surface area contributed by atoms with E-state index in [4.69, 9.17) is 0 Å². The van der Waals surface area contributed by atoms with Gasteiger partial charge in [0.25, 0.3) is 0 Å². The Morgan fingerprint density at radius 2 is 2.04 bits per heavy atom. The maximum Gasteiger partial charge on any atom is 0.249 e. The fourth-order valence-corrected chi connectivity index (χ4v) is 2.63. The summed E-state index contributed by atoms with van der Waals surface area (Å²) in [6.07, 6.45) is 6.40. The molecule has 2 heterocycles. The Kier molecular flexibility index (Phi) is 4.70. The van der Waals surface area contributed by atoms with E-state index < -0.39 is 0 Å². The van der Waals surface area contributed by atoms with Gasteiger partial charge in [0.2, 0.25) is 11.8 Å². The third kappa shape index (κ3) is 3.87. The highest BCUT2D eigenvalue weighted by atomic mass is 16.2. The van der Waals surface area contributed by atoms with Gasteiger partial charge < -0.3 is 10.2 Å². The number of nitrogens with one attached hydrogen (secondary N) is 1. The van der Waals surface area contributed by atoms with Crippen molar-refractivity contribution in [3.63, 3.8) is 0 Å². The Hall–Kier alpha value is -2.95. The van der Waals surface area contributed by atoms with E-state index in [0.29, 0.717) is 12.2 Å². The van der Waals surface area contributed by atoms with Crippen molar-refractivity contribution in [1.82, 2.24) is 4.98 Å². The van der Waals surface area contributed by atoms with E-state index in [1.807, 2.05) is 43.3 Å². The lowest BCUT2D eigenvalue weighted by atomic mass is 10.2. The molecule has 1 aromatic carbocycles. The Morgan fingerprint density at radius 3 is 2.71 bits per heavy atom. The van der Waals surface area contributed by atoms with Gasteiger partial charge in [0.05, 0.1) is 0 Å². The molecule has 2 aromatic rings. The zero-order valence-corrected chi connectivity index (χ0v) is 13.5. The van der Waals surface area contributed by atoms with E-state index in [1.54, 1.807) is 17.2 Å². The molecular weight excluding hydrogens is 302 g/mol. The Morgan fingerprint density at radius 1 is 1.25 bits per heavy atom. The molecule has 0 aliphatic carbocycles. The number of benzene rings is 1. The number of rotatable bonds is 4. The Labute approximate surface area is 141 Å². The number of hydrogen-bond acceptors (Lipinski definition) is 3. The summed E-state index contributed by atoms with van der Waals surface area (Å²) in [6.45, 7) is 2.72.